The van der Waals surface area contributed by atoms with Crippen molar-refractivity contribution in [3.8, 4) is 0 Å². The summed E-state index contributed by atoms with van der Waals surface area (Å²) in [5.74, 6) is -1.08. The Morgan fingerprint density at radius 3 is 2.52 bits per heavy atom. The van der Waals surface area contributed by atoms with Gasteiger partial charge in [-0.3, -0.25) is 9.78 Å². The lowest BCUT2D eigenvalue weighted by molar-refractivity contribution is -0.138. The second-order valence-corrected chi connectivity index (χ2v) is 6.56. The van der Waals surface area contributed by atoms with E-state index in [9.17, 15) is 18.0 Å². The molecular formula is C19H19F3N2O. The lowest BCUT2D eigenvalue weighted by Crippen LogP contribution is -2.17. The number of hydrogen-bond acceptors (Lipinski definition) is 2. The van der Waals surface area contributed by atoms with Gasteiger partial charge in [-0.2, -0.15) is 13.2 Å². The van der Waals surface area contributed by atoms with Crippen LogP contribution >= 0.6 is 0 Å². The highest BCUT2D eigenvalue weighted by Crippen LogP contribution is 2.51. The Bertz CT molecular complexity index is 807. The molecule has 25 heavy (non-hydrogen) atoms. The molecule has 3 rings (SSSR count). The van der Waals surface area contributed by atoms with Crippen molar-refractivity contribution in [2.75, 3.05) is 5.32 Å². The molecule has 1 amide bonds. The number of halogens is 3. The van der Waals surface area contributed by atoms with Gasteiger partial charge in [-0.15, -0.1) is 0 Å². The topological polar surface area (TPSA) is 42.0 Å². The second-order valence-electron chi connectivity index (χ2n) is 6.56. The molecule has 0 aliphatic heterocycles. The Labute approximate surface area is 144 Å². The molecule has 1 aromatic carbocycles. The van der Waals surface area contributed by atoms with Crippen LogP contribution in [0.15, 0.2) is 30.3 Å². The molecule has 0 radical (unpaired) electrons. The highest BCUT2D eigenvalue weighted by atomic mass is 19.4. The Balaban J connectivity index is 1.78. The summed E-state index contributed by atoms with van der Waals surface area (Å²) in [5.41, 5.74) is 2.65. The van der Waals surface area contributed by atoms with E-state index in [2.05, 4.69) is 10.3 Å². The predicted molar refractivity (Wildman–Crippen MR) is 89.4 cm³/mol. The first-order valence-electron chi connectivity index (χ1n) is 8.10. The van der Waals surface area contributed by atoms with Crippen molar-refractivity contribution in [1.29, 1.82) is 0 Å². The predicted octanol–water partition coefficient (Wildman–Crippen LogP) is 4.77. The number of rotatable bonds is 3. The van der Waals surface area contributed by atoms with Crippen LogP contribution in [0.5, 0.6) is 0 Å². The van der Waals surface area contributed by atoms with E-state index in [4.69, 9.17) is 0 Å². The first-order chi connectivity index (χ1) is 11.7. The van der Waals surface area contributed by atoms with Gasteiger partial charge in [-0.25, -0.2) is 0 Å². The Kier molecular flexibility index (Phi) is 4.31. The van der Waals surface area contributed by atoms with Crippen LogP contribution in [0.3, 0.4) is 0 Å². The van der Waals surface area contributed by atoms with Crippen molar-refractivity contribution < 1.29 is 18.0 Å². The van der Waals surface area contributed by atoms with Crippen molar-refractivity contribution in [3.05, 3.63) is 58.4 Å². The van der Waals surface area contributed by atoms with E-state index in [1.807, 2.05) is 19.9 Å². The third-order valence-corrected chi connectivity index (χ3v) is 4.57. The molecule has 1 aliphatic rings. The molecule has 2 atom stereocenters. The molecule has 0 spiro atoms. The zero-order valence-electron chi connectivity index (χ0n) is 14.2. The average Bonchev–Trinajstić information content (AvgIpc) is 3.30. The van der Waals surface area contributed by atoms with Crippen molar-refractivity contribution in [2.24, 2.45) is 5.92 Å². The van der Waals surface area contributed by atoms with E-state index in [1.165, 1.54) is 12.1 Å². The normalized spacial score (nSPS) is 19.6. The van der Waals surface area contributed by atoms with Crippen LogP contribution in [0.2, 0.25) is 0 Å². The number of hydrogen-bond donors (Lipinski definition) is 1. The van der Waals surface area contributed by atoms with E-state index in [1.54, 1.807) is 13.0 Å². The first-order valence-corrected chi connectivity index (χ1v) is 8.10. The van der Waals surface area contributed by atoms with Gasteiger partial charge in [-0.1, -0.05) is 18.2 Å². The number of pyridine rings is 1. The van der Waals surface area contributed by atoms with Gasteiger partial charge >= 0.3 is 6.18 Å². The fraction of sp³-hybridized carbons (Fsp3) is 0.368. The summed E-state index contributed by atoms with van der Waals surface area (Å²) in [6.45, 7) is 5.55. The maximum atomic E-state index is 13.1. The fourth-order valence-corrected chi connectivity index (χ4v) is 3.34. The van der Waals surface area contributed by atoms with E-state index >= 15 is 0 Å². The monoisotopic (exact) mass is 348 g/mol. The fourth-order valence-electron chi connectivity index (χ4n) is 3.34. The molecule has 0 saturated heterocycles. The smallest absolute Gasteiger partial charge is 0.324 e. The van der Waals surface area contributed by atoms with Gasteiger partial charge in [0.1, 0.15) is 0 Å². The molecule has 3 nitrogen and oxygen atoms in total. The van der Waals surface area contributed by atoms with E-state index in [0.29, 0.717) is 17.8 Å². The number of aromatic nitrogens is 1. The number of amides is 1. The van der Waals surface area contributed by atoms with Crippen LogP contribution < -0.4 is 5.32 Å². The number of aryl methyl sites for hydroxylation is 3. The summed E-state index contributed by atoms with van der Waals surface area (Å²) >= 11 is 0. The zero-order chi connectivity index (χ0) is 18.4. The van der Waals surface area contributed by atoms with Crippen LogP contribution in [-0.2, 0) is 11.0 Å². The number of benzene rings is 1. The number of nitrogens with zero attached hydrogens (tertiary/aromatic N) is 1. The van der Waals surface area contributed by atoms with Crippen LogP contribution in [0.4, 0.5) is 18.9 Å². The van der Waals surface area contributed by atoms with Gasteiger partial charge in [0.25, 0.3) is 0 Å². The largest absolute Gasteiger partial charge is 0.416 e. The van der Waals surface area contributed by atoms with E-state index in [-0.39, 0.29) is 11.5 Å². The molecule has 1 heterocycles. The summed E-state index contributed by atoms with van der Waals surface area (Å²) in [5, 5.41) is 2.84. The van der Waals surface area contributed by atoms with Crippen molar-refractivity contribution >= 4 is 11.6 Å². The number of anilines is 1. The molecule has 1 aromatic heterocycles. The number of nitrogens with one attached hydrogen (secondary N) is 1. The summed E-state index contributed by atoms with van der Waals surface area (Å²) in [4.78, 5) is 16.8. The van der Waals surface area contributed by atoms with Crippen LogP contribution in [0, 0.1) is 26.7 Å². The molecule has 6 heteroatoms. The summed E-state index contributed by atoms with van der Waals surface area (Å²) in [6, 6.07) is 7.35. The maximum absolute atomic E-state index is 13.1. The minimum Gasteiger partial charge on any atom is -0.324 e. The van der Waals surface area contributed by atoms with Crippen molar-refractivity contribution in [2.45, 2.75) is 39.3 Å². The van der Waals surface area contributed by atoms with Crippen LogP contribution in [-0.4, -0.2) is 10.9 Å². The molecule has 0 unspecified atom stereocenters. The Hall–Kier alpha value is -2.37. The molecule has 1 fully saturated rings. The molecule has 132 valence electrons. The average molecular weight is 348 g/mol. The lowest BCUT2D eigenvalue weighted by Gasteiger charge is -2.14. The van der Waals surface area contributed by atoms with Gasteiger partial charge in [0.15, 0.2) is 0 Å². The van der Waals surface area contributed by atoms with Crippen LogP contribution in [0.1, 0.15) is 40.4 Å². The van der Waals surface area contributed by atoms with Crippen LogP contribution in [0.25, 0.3) is 0 Å². The summed E-state index contributed by atoms with van der Waals surface area (Å²) in [7, 11) is 0. The number of carbonyl (C=O) groups excluding carboxylic acids is 1. The molecular weight excluding hydrogens is 329 g/mol. The first kappa shape index (κ1) is 17.5. The van der Waals surface area contributed by atoms with Gasteiger partial charge in [0.05, 0.1) is 16.9 Å². The third-order valence-electron chi connectivity index (χ3n) is 4.57. The molecule has 1 N–H and O–H groups in total. The summed E-state index contributed by atoms with van der Waals surface area (Å²) in [6.07, 6.45) is -3.98. The minimum absolute atomic E-state index is 0.200. The zero-order valence-corrected chi connectivity index (χ0v) is 14.2. The van der Waals surface area contributed by atoms with Gasteiger partial charge in [0.2, 0.25) is 5.91 Å². The van der Waals surface area contributed by atoms with Crippen molar-refractivity contribution in [3.63, 3.8) is 0 Å². The lowest BCUT2D eigenvalue weighted by atomic mass is 10.0. The highest BCUT2D eigenvalue weighted by molar-refractivity contribution is 5.96. The van der Waals surface area contributed by atoms with E-state index < -0.39 is 23.6 Å². The standard InChI is InChI=1S/C19H19F3N2O/c1-10-8-11(2)23-12(3)17(10)24-18(25)15-9-14(15)13-6-4-5-7-16(13)19(20,21)22/h4-8,14-15H,9H2,1-3H3,(H,24,25)/t14-,15+/m0/s1. The van der Waals surface area contributed by atoms with Crippen molar-refractivity contribution in [1.82, 2.24) is 4.98 Å². The molecule has 0 bridgehead atoms. The highest BCUT2D eigenvalue weighted by Gasteiger charge is 2.47. The SMILES string of the molecule is Cc1cc(C)c(NC(=O)[C@@H]2C[C@H]2c2ccccc2C(F)(F)F)c(C)n1. The van der Waals surface area contributed by atoms with Gasteiger partial charge < -0.3 is 5.32 Å². The summed E-state index contributed by atoms with van der Waals surface area (Å²) < 4.78 is 39.4. The maximum Gasteiger partial charge on any atom is 0.416 e. The van der Waals surface area contributed by atoms with E-state index in [0.717, 1.165) is 17.3 Å². The molecule has 1 saturated carbocycles. The Morgan fingerprint density at radius 2 is 1.88 bits per heavy atom. The van der Waals surface area contributed by atoms with Gasteiger partial charge in [0, 0.05) is 11.6 Å². The molecule has 2 aromatic rings. The number of alkyl halides is 3. The van der Waals surface area contributed by atoms with Gasteiger partial charge in [-0.05, 0) is 56.4 Å². The quantitative estimate of drug-likeness (QED) is 0.868. The Morgan fingerprint density at radius 1 is 1.20 bits per heavy atom. The molecule has 1 aliphatic carbocycles. The third kappa shape index (κ3) is 3.52. The number of carbonyl (C=O) groups is 1. The minimum atomic E-state index is -4.41. The second kappa shape index (κ2) is 6.17.